The first-order valence-corrected chi connectivity index (χ1v) is 12.3. The second-order valence-corrected chi connectivity index (χ2v) is 10.8. The van der Waals surface area contributed by atoms with Crippen LogP contribution in [0.15, 0.2) is 49.9 Å². The number of nitrogens with zero attached hydrogens (tertiary/aromatic N) is 1. The Hall–Kier alpha value is -3.06. The number of esters is 1. The predicted molar refractivity (Wildman–Crippen MR) is 132 cm³/mol. The third-order valence-corrected chi connectivity index (χ3v) is 7.30. The Morgan fingerprint density at radius 3 is 2.71 bits per heavy atom. The molecule has 5 rings (SSSR count). The van der Waals surface area contributed by atoms with Gasteiger partial charge in [0.05, 0.1) is 29.2 Å². The van der Waals surface area contributed by atoms with Crippen LogP contribution in [0.25, 0.3) is 11.0 Å². The minimum absolute atomic E-state index is 0.0225. The van der Waals surface area contributed by atoms with Gasteiger partial charge in [0, 0.05) is 35.9 Å². The van der Waals surface area contributed by atoms with Crippen molar-refractivity contribution in [3.05, 3.63) is 57.1 Å². The van der Waals surface area contributed by atoms with E-state index in [9.17, 15) is 14.4 Å². The molecule has 1 unspecified atom stereocenters. The second-order valence-electron chi connectivity index (χ2n) is 10.8. The summed E-state index contributed by atoms with van der Waals surface area (Å²) in [7, 11) is 0. The van der Waals surface area contributed by atoms with Gasteiger partial charge in [-0.15, -0.1) is 0 Å². The number of rotatable bonds is 4. The summed E-state index contributed by atoms with van der Waals surface area (Å²) in [5.74, 6) is -2.08. The van der Waals surface area contributed by atoms with Gasteiger partial charge in [-0.1, -0.05) is 25.5 Å². The van der Waals surface area contributed by atoms with E-state index in [4.69, 9.17) is 18.9 Å². The number of aliphatic imine (C=N–C) groups is 1. The van der Waals surface area contributed by atoms with Crippen LogP contribution in [0.5, 0.6) is 0 Å². The van der Waals surface area contributed by atoms with Gasteiger partial charge < -0.3 is 13.9 Å². The number of carbonyl (C=O) groups excluding carboxylic acids is 2. The molecule has 1 saturated heterocycles. The normalized spacial score (nSPS) is 26.0. The fourth-order valence-electron chi connectivity index (χ4n) is 5.69. The summed E-state index contributed by atoms with van der Waals surface area (Å²) < 4.78 is 17.1. The molecule has 2 aromatic rings. The maximum atomic E-state index is 13.7. The predicted octanol–water partition coefficient (Wildman–Crippen LogP) is 4.64. The van der Waals surface area contributed by atoms with Gasteiger partial charge in [0.25, 0.3) is 0 Å². The number of fused-ring (bicyclic) bond motifs is 2. The van der Waals surface area contributed by atoms with Crippen molar-refractivity contribution in [3.8, 4) is 0 Å². The Morgan fingerprint density at radius 1 is 1.17 bits per heavy atom. The molecule has 184 valence electrons. The van der Waals surface area contributed by atoms with E-state index in [2.05, 4.69) is 0 Å². The van der Waals surface area contributed by atoms with Gasteiger partial charge >= 0.3 is 5.97 Å². The highest BCUT2D eigenvalue weighted by Crippen LogP contribution is 2.46. The van der Waals surface area contributed by atoms with Crippen molar-refractivity contribution in [1.29, 1.82) is 0 Å². The third kappa shape index (κ3) is 4.38. The van der Waals surface area contributed by atoms with Crippen LogP contribution in [0.2, 0.25) is 0 Å². The zero-order chi connectivity index (χ0) is 24.9. The van der Waals surface area contributed by atoms with E-state index in [0.717, 1.165) is 18.4 Å². The van der Waals surface area contributed by atoms with E-state index in [1.54, 1.807) is 19.1 Å². The molecule has 1 aromatic heterocycles. The summed E-state index contributed by atoms with van der Waals surface area (Å²) in [6, 6.07) is 5.41. The average Bonchev–Trinajstić information content (AvgIpc) is 3.30. The largest absolute Gasteiger partial charge is 0.464 e. The number of ether oxygens (including phenoxy) is 2. The first kappa shape index (κ1) is 23.7. The summed E-state index contributed by atoms with van der Waals surface area (Å²) in [5, 5.41) is 0.430. The number of aryl methyl sites for hydroxylation is 1. The van der Waals surface area contributed by atoms with Crippen molar-refractivity contribution >= 4 is 28.4 Å². The minimum atomic E-state index is -0.802. The van der Waals surface area contributed by atoms with Crippen molar-refractivity contribution < 1.29 is 23.5 Å². The van der Waals surface area contributed by atoms with Crippen molar-refractivity contribution in [2.45, 2.75) is 65.4 Å². The van der Waals surface area contributed by atoms with E-state index >= 15 is 0 Å². The van der Waals surface area contributed by atoms with Crippen LogP contribution in [-0.4, -0.2) is 36.8 Å². The molecular formula is C28H31NO6. The number of ketones is 1. The molecule has 1 saturated carbocycles. The van der Waals surface area contributed by atoms with Crippen LogP contribution < -0.4 is 5.43 Å². The van der Waals surface area contributed by atoms with E-state index < -0.39 is 17.8 Å². The number of Topliss-reactive ketones (excluding diaryl/α,β-unsaturated/α-hetero) is 1. The lowest BCUT2D eigenvalue weighted by Crippen LogP contribution is -2.45. The maximum Gasteiger partial charge on any atom is 0.336 e. The average molecular weight is 478 g/mol. The summed E-state index contributed by atoms with van der Waals surface area (Å²) in [5.41, 5.74) is 2.65. The van der Waals surface area contributed by atoms with Crippen molar-refractivity contribution in [3.63, 3.8) is 0 Å². The highest BCUT2D eigenvalue weighted by Gasteiger charge is 2.48. The molecule has 0 N–H and O–H groups in total. The lowest BCUT2D eigenvalue weighted by Gasteiger charge is -2.40. The molecule has 0 amide bonds. The SMILES string of the molecule is CC1=C(C(=O)OC[C@H]2CCCO2)[C@H](c2coc3ccc(C)cc3c2=O)C2C(=O)CC(C)(C)CC2=N1. The molecule has 1 aromatic carbocycles. The molecule has 0 radical (unpaired) electrons. The molecule has 3 heterocycles. The first-order chi connectivity index (χ1) is 16.6. The van der Waals surface area contributed by atoms with Gasteiger partial charge in [-0.2, -0.15) is 0 Å². The van der Waals surface area contributed by atoms with E-state index in [1.807, 2.05) is 26.8 Å². The Balaban J connectivity index is 1.63. The van der Waals surface area contributed by atoms with Crippen molar-refractivity contribution in [2.24, 2.45) is 16.3 Å². The molecule has 3 aliphatic rings. The smallest absolute Gasteiger partial charge is 0.336 e. The summed E-state index contributed by atoms with van der Waals surface area (Å²) in [6.07, 6.45) is 4.01. The Morgan fingerprint density at radius 2 is 1.97 bits per heavy atom. The molecule has 2 aliphatic heterocycles. The molecule has 0 bridgehead atoms. The van der Waals surface area contributed by atoms with E-state index in [-0.39, 0.29) is 40.5 Å². The van der Waals surface area contributed by atoms with Crippen LogP contribution in [0, 0.1) is 18.3 Å². The number of hydrogen-bond donors (Lipinski definition) is 0. The molecule has 0 spiro atoms. The van der Waals surface area contributed by atoms with Gasteiger partial charge in [-0.3, -0.25) is 14.6 Å². The quantitative estimate of drug-likeness (QED) is 0.596. The van der Waals surface area contributed by atoms with Gasteiger partial charge in [-0.25, -0.2) is 4.79 Å². The highest BCUT2D eigenvalue weighted by atomic mass is 16.6. The van der Waals surface area contributed by atoms with E-state index in [1.165, 1.54) is 6.26 Å². The zero-order valence-corrected chi connectivity index (χ0v) is 20.7. The molecule has 7 heteroatoms. The molecule has 1 aliphatic carbocycles. The fraction of sp³-hybridized carbons (Fsp3) is 0.500. The lowest BCUT2D eigenvalue weighted by molar-refractivity contribution is -0.142. The Labute approximate surface area is 204 Å². The van der Waals surface area contributed by atoms with Crippen LogP contribution in [0.1, 0.15) is 63.5 Å². The molecule has 7 nitrogen and oxygen atoms in total. The maximum absolute atomic E-state index is 13.7. The monoisotopic (exact) mass is 477 g/mol. The van der Waals surface area contributed by atoms with Crippen LogP contribution in [0.4, 0.5) is 0 Å². The fourth-order valence-corrected chi connectivity index (χ4v) is 5.69. The number of allylic oxidation sites excluding steroid dienone is 1. The van der Waals surface area contributed by atoms with Crippen LogP contribution in [0.3, 0.4) is 0 Å². The second kappa shape index (κ2) is 8.86. The summed E-state index contributed by atoms with van der Waals surface area (Å²) in [4.78, 5) is 45.4. The molecular weight excluding hydrogens is 446 g/mol. The topological polar surface area (TPSA) is 95.2 Å². The lowest BCUT2D eigenvalue weighted by atomic mass is 9.63. The molecule has 2 fully saturated rings. The number of carbonyl (C=O) groups is 2. The number of hydrogen-bond acceptors (Lipinski definition) is 7. The number of benzene rings is 1. The minimum Gasteiger partial charge on any atom is -0.464 e. The van der Waals surface area contributed by atoms with E-state index in [0.29, 0.717) is 41.8 Å². The Bertz CT molecular complexity index is 1320. The van der Waals surface area contributed by atoms with Gasteiger partial charge in [-0.05, 0) is 50.7 Å². The van der Waals surface area contributed by atoms with Crippen molar-refractivity contribution in [2.75, 3.05) is 13.2 Å². The van der Waals surface area contributed by atoms with Gasteiger partial charge in [0.15, 0.2) is 5.43 Å². The standard InChI is InChI=1S/C28H31NO6/c1-15-7-8-22-18(10-15)26(31)19(14-34-22)24-23(27(32)35-13-17-6-5-9-33-17)16(2)29-20-11-28(3,4)12-21(30)25(20)24/h7-8,10,14,17,24-25H,5-6,9,11-13H2,1-4H3/t17-,24+,25?/m1/s1. The van der Waals surface area contributed by atoms with Gasteiger partial charge in [0.2, 0.25) is 0 Å². The van der Waals surface area contributed by atoms with Crippen LogP contribution in [-0.2, 0) is 19.1 Å². The zero-order valence-electron chi connectivity index (χ0n) is 20.7. The van der Waals surface area contributed by atoms with Crippen LogP contribution >= 0.6 is 0 Å². The van der Waals surface area contributed by atoms with Gasteiger partial charge in [0.1, 0.15) is 18.0 Å². The Kier molecular flexibility index (Phi) is 5.99. The van der Waals surface area contributed by atoms with Crippen molar-refractivity contribution in [1.82, 2.24) is 0 Å². The summed E-state index contributed by atoms with van der Waals surface area (Å²) in [6.45, 7) is 8.52. The highest BCUT2D eigenvalue weighted by molar-refractivity contribution is 6.12. The molecule has 3 atom stereocenters. The molecule has 35 heavy (non-hydrogen) atoms. The summed E-state index contributed by atoms with van der Waals surface area (Å²) >= 11 is 0. The first-order valence-electron chi connectivity index (χ1n) is 12.3. The third-order valence-electron chi connectivity index (χ3n) is 7.30.